The number of alkyl halides is 4. The molecule has 0 heterocycles. The minimum atomic E-state index is -0.121. The van der Waals surface area contributed by atoms with Crippen LogP contribution >= 0.6 is 63.7 Å². The Bertz CT molecular complexity index is 390. The van der Waals surface area contributed by atoms with Gasteiger partial charge < -0.3 is 4.74 Å². The Morgan fingerprint density at radius 2 is 1.24 bits per heavy atom. The fourth-order valence-corrected chi connectivity index (χ4v) is 2.62. The van der Waals surface area contributed by atoms with Crippen LogP contribution in [0.3, 0.4) is 0 Å². The molecule has 0 radical (unpaired) electrons. The highest BCUT2D eigenvalue weighted by Gasteiger charge is 2.23. The van der Waals surface area contributed by atoms with Gasteiger partial charge in [0, 0.05) is 0 Å². The quantitative estimate of drug-likeness (QED) is 0.455. The largest absolute Gasteiger partial charge is 0.458 e. The Balaban J connectivity index is 1.97. The third-order valence-corrected chi connectivity index (χ3v) is 4.72. The Labute approximate surface area is 135 Å². The minimum Gasteiger partial charge on any atom is -0.458 e. The number of rotatable bonds is 2. The zero-order chi connectivity index (χ0) is 12.5. The van der Waals surface area contributed by atoms with Crippen molar-refractivity contribution in [3.05, 3.63) is 48.0 Å². The maximum absolute atomic E-state index is 5.78. The molecule has 1 nitrogen and oxygen atoms in total. The first-order chi connectivity index (χ1) is 7.86. The van der Waals surface area contributed by atoms with E-state index < -0.39 is 0 Å². The van der Waals surface area contributed by atoms with Gasteiger partial charge in [-0.1, -0.05) is 75.9 Å². The van der Waals surface area contributed by atoms with Crippen LogP contribution in [0, 0.1) is 0 Å². The lowest BCUT2D eigenvalue weighted by molar-refractivity contribution is 0.329. The van der Waals surface area contributed by atoms with Gasteiger partial charge in [0.05, 0.1) is 0 Å². The van der Waals surface area contributed by atoms with Gasteiger partial charge in [-0.05, 0) is 37.1 Å². The van der Waals surface area contributed by atoms with Crippen molar-refractivity contribution < 1.29 is 4.74 Å². The van der Waals surface area contributed by atoms with Crippen molar-refractivity contribution in [3.63, 3.8) is 0 Å². The van der Waals surface area contributed by atoms with E-state index in [1.807, 2.05) is 24.3 Å². The molecule has 0 aliphatic heterocycles. The second-order valence-corrected chi connectivity index (χ2v) is 11.7. The van der Waals surface area contributed by atoms with E-state index in [9.17, 15) is 0 Å². The van der Waals surface area contributed by atoms with Gasteiger partial charge in [-0.2, -0.15) is 0 Å². The normalized spacial score (nSPS) is 25.2. The molecule has 0 saturated carbocycles. The molecule has 2 rings (SSSR count). The van der Waals surface area contributed by atoms with E-state index in [0.717, 1.165) is 24.4 Å². The van der Waals surface area contributed by atoms with Crippen LogP contribution in [0.15, 0.2) is 48.0 Å². The van der Waals surface area contributed by atoms with Crippen LogP contribution in [0.4, 0.5) is 0 Å². The van der Waals surface area contributed by atoms with Crippen molar-refractivity contribution >= 4 is 63.7 Å². The lowest BCUT2D eigenvalue weighted by Gasteiger charge is -2.22. The highest BCUT2D eigenvalue weighted by Crippen LogP contribution is 2.38. The first kappa shape index (κ1) is 14.1. The van der Waals surface area contributed by atoms with Crippen molar-refractivity contribution in [2.75, 3.05) is 0 Å². The molecule has 0 aromatic rings. The van der Waals surface area contributed by atoms with Crippen molar-refractivity contribution in [2.24, 2.45) is 0 Å². The molecule has 0 amide bonds. The summed E-state index contributed by atoms with van der Waals surface area (Å²) in [6.45, 7) is 0. The van der Waals surface area contributed by atoms with Crippen LogP contribution in [0.25, 0.3) is 0 Å². The summed E-state index contributed by atoms with van der Waals surface area (Å²) in [7, 11) is 0. The van der Waals surface area contributed by atoms with Gasteiger partial charge in [0.25, 0.3) is 0 Å². The van der Waals surface area contributed by atoms with Crippen molar-refractivity contribution in [2.45, 2.75) is 19.3 Å². The third-order valence-electron chi connectivity index (χ3n) is 2.37. The molecule has 17 heavy (non-hydrogen) atoms. The second-order valence-electron chi connectivity index (χ2n) is 3.91. The molecular weight excluding hydrogens is 480 g/mol. The predicted octanol–water partition coefficient (Wildman–Crippen LogP) is 5.66. The predicted molar refractivity (Wildman–Crippen MR) is 85.9 cm³/mol. The van der Waals surface area contributed by atoms with Crippen LogP contribution < -0.4 is 0 Å². The van der Waals surface area contributed by atoms with Gasteiger partial charge in [0.2, 0.25) is 0 Å². The molecule has 92 valence electrons. The fraction of sp³-hybridized carbons (Fsp3) is 0.333. The van der Waals surface area contributed by atoms with E-state index >= 15 is 0 Å². The Hall–Kier alpha value is 0.680. The van der Waals surface area contributed by atoms with Crippen LogP contribution in [0.2, 0.25) is 0 Å². The summed E-state index contributed by atoms with van der Waals surface area (Å²) in [6.07, 6.45) is 13.8. The SMILES string of the molecule is BrC1(Br)C=CC(OC2=CCC(Br)(Br)C=C2)=CC1. The number of halogens is 4. The molecule has 5 heteroatoms. The summed E-state index contributed by atoms with van der Waals surface area (Å²) in [6, 6.07) is 0. The molecule has 0 saturated heterocycles. The standard InChI is InChI=1S/C12H10Br4O/c13-11(14)5-1-9(2-6-11)17-10-3-7-12(15,16)8-4-10/h1-5,7H,6,8H2. The van der Waals surface area contributed by atoms with Crippen molar-refractivity contribution in [3.8, 4) is 0 Å². The number of hydrogen-bond donors (Lipinski definition) is 0. The lowest BCUT2D eigenvalue weighted by Crippen LogP contribution is -2.11. The molecule has 0 unspecified atom stereocenters. The molecular formula is C12H10Br4O. The van der Waals surface area contributed by atoms with Gasteiger partial charge in [-0.15, -0.1) is 0 Å². The molecule has 0 spiro atoms. The van der Waals surface area contributed by atoms with Crippen molar-refractivity contribution in [1.82, 2.24) is 0 Å². The van der Waals surface area contributed by atoms with E-state index in [1.165, 1.54) is 0 Å². The number of ether oxygens (including phenoxy) is 1. The Morgan fingerprint density at radius 3 is 1.53 bits per heavy atom. The van der Waals surface area contributed by atoms with E-state index in [-0.39, 0.29) is 6.47 Å². The Morgan fingerprint density at radius 1 is 0.824 bits per heavy atom. The zero-order valence-electron chi connectivity index (χ0n) is 8.80. The molecule has 0 atom stereocenters. The van der Waals surface area contributed by atoms with Gasteiger partial charge in [-0.3, -0.25) is 0 Å². The summed E-state index contributed by atoms with van der Waals surface area (Å²) in [4.78, 5) is 0. The first-order valence-electron chi connectivity index (χ1n) is 5.09. The van der Waals surface area contributed by atoms with Crippen LogP contribution in [-0.2, 0) is 4.74 Å². The third kappa shape index (κ3) is 4.37. The van der Waals surface area contributed by atoms with Gasteiger partial charge >= 0.3 is 0 Å². The van der Waals surface area contributed by atoms with Gasteiger partial charge in [0.15, 0.2) is 0 Å². The highest BCUT2D eigenvalue weighted by atomic mass is 79.9. The maximum atomic E-state index is 5.78. The molecule has 0 bridgehead atoms. The fourth-order valence-electron chi connectivity index (χ4n) is 1.44. The molecule has 2 aliphatic carbocycles. The van der Waals surface area contributed by atoms with Crippen LogP contribution in [0.5, 0.6) is 0 Å². The van der Waals surface area contributed by atoms with Crippen molar-refractivity contribution in [1.29, 1.82) is 0 Å². The van der Waals surface area contributed by atoms with E-state index in [2.05, 4.69) is 75.9 Å². The van der Waals surface area contributed by atoms with Crippen LogP contribution in [0.1, 0.15) is 12.8 Å². The number of hydrogen-bond acceptors (Lipinski definition) is 1. The maximum Gasteiger partial charge on any atom is 0.123 e. The first-order valence-corrected chi connectivity index (χ1v) is 8.26. The molecule has 0 N–H and O–H groups in total. The zero-order valence-corrected chi connectivity index (χ0v) is 15.1. The smallest absolute Gasteiger partial charge is 0.123 e. The topological polar surface area (TPSA) is 9.23 Å². The minimum absolute atomic E-state index is 0.121. The van der Waals surface area contributed by atoms with Gasteiger partial charge in [-0.25, -0.2) is 0 Å². The summed E-state index contributed by atoms with van der Waals surface area (Å²) in [5.74, 6) is 1.76. The highest BCUT2D eigenvalue weighted by molar-refractivity contribution is 9.25. The molecule has 2 aliphatic rings. The molecule has 0 aromatic carbocycles. The molecule has 0 fully saturated rings. The summed E-state index contributed by atoms with van der Waals surface area (Å²) < 4.78 is 5.54. The average Bonchev–Trinajstić information content (AvgIpc) is 2.24. The summed E-state index contributed by atoms with van der Waals surface area (Å²) >= 11 is 14.2. The summed E-state index contributed by atoms with van der Waals surface area (Å²) in [5, 5.41) is 0. The lowest BCUT2D eigenvalue weighted by atomic mass is 10.1. The monoisotopic (exact) mass is 486 g/mol. The van der Waals surface area contributed by atoms with Gasteiger partial charge in [0.1, 0.15) is 18.0 Å². The van der Waals surface area contributed by atoms with Crippen LogP contribution in [-0.4, -0.2) is 6.47 Å². The molecule has 0 aromatic heterocycles. The van der Waals surface area contributed by atoms with E-state index in [1.54, 1.807) is 0 Å². The Kier molecular flexibility index (Phi) is 4.44. The summed E-state index contributed by atoms with van der Waals surface area (Å²) in [5.41, 5.74) is 0. The second kappa shape index (κ2) is 5.35. The van der Waals surface area contributed by atoms with E-state index in [0.29, 0.717) is 0 Å². The number of allylic oxidation sites excluding steroid dienone is 6. The average molecular weight is 490 g/mol. The van der Waals surface area contributed by atoms with E-state index in [4.69, 9.17) is 4.74 Å².